The third kappa shape index (κ3) is 3.89. The fraction of sp³-hybridized carbons (Fsp3) is 0.737. The highest BCUT2D eigenvalue weighted by Gasteiger charge is 2.43. The predicted molar refractivity (Wildman–Crippen MR) is 97.6 cm³/mol. The first-order valence-electron chi connectivity index (χ1n) is 9.68. The van der Waals surface area contributed by atoms with Crippen molar-refractivity contribution in [2.45, 2.75) is 51.2 Å². The molecule has 2 N–H and O–H groups in total. The molecule has 0 spiro atoms. The second kappa shape index (κ2) is 8.41. The van der Waals surface area contributed by atoms with Gasteiger partial charge in [0.1, 0.15) is 5.69 Å². The largest absolute Gasteiger partial charge is 0.396 e. The molecule has 2 fully saturated rings. The molecule has 2 atom stereocenters. The summed E-state index contributed by atoms with van der Waals surface area (Å²) in [6.07, 6.45) is 8.52. The van der Waals surface area contributed by atoms with Gasteiger partial charge in [0.15, 0.2) is 0 Å². The second-order valence-corrected chi connectivity index (χ2v) is 7.66. The highest BCUT2D eigenvalue weighted by molar-refractivity contribution is 5.92. The van der Waals surface area contributed by atoms with Crippen molar-refractivity contribution >= 4 is 5.91 Å². The van der Waals surface area contributed by atoms with E-state index in [1.807, 2.05) is 4.90 Å². The summed E-state index contributed by atoms with van der Waals surface area (Å²) in [6, 6.07) is 0.399. The number of aromatic nitrogens is 2. The van der Waals surface area contributed by atoms with Crippen LogP contribution in [0.25, 0.3) is 0 Å². The molecule has 0 aromatic carbocycles. The van der Waals surface area contributed by atoms with E-state index >= 15 is 0 Å². The maximum Gasteiger partial charge on any atom is 0.274 e. The van der Waals surface area contributed by atoms with Crippen molar-refractivity contribution in [3.63, 3.8) is 0 Å². The molecule has 2 aliphatic rings. The topological polar surface area (TPSA) is 89.8 Å². The van der Waals surface area contributed by atoms with E-state index in [1.54, 1.807) is 12.4 Å². The molecule has 2 saturated heterocycles. The van der Waals surface area contributed by atoms with E-state index < -0.39 is 11.5 Å². The molecule has 0 radical (unpaired) electrons. The Kier molecular flexibility index (Phi) is 6.21. The van der Waals surface area contributed by atoms with Crippen LogP contribution in [0.3, 0.4) is 0 Å². The van der Waals surface area contributed by atoms with E-state index in [9.17, 15) is 15.0 Å². The summed E-state index contributed by atoms with van der Waals surface area (Å²) < 4.78 is 0. The predicted octanol–water partition coefficient (Wildman–Crippen LogP) is 0.927. The number of hydrogen-bond donors (Lipinski definition) is 2. The Morgan fingerprint density at radius 3 is 2.65 bits per heavy atom. The Bertz CT molecular complexity index is 592. The van der Waals surface area contributed by atoms with Crippen LogP contribution in [-0.2, 0) is 0 Å². The average Bonchev–Trinajstić information content (AvgIpc) is 2.70. The first-order chi connectivity index (χ1) is 12.6. The van der Waals surface area contributed by atoms with Gasteiger partial charge in [-0.25, -0.2) is 4.98 Å². The lowest BCUT2D eigenvalue weighted by atomic mass is 9.74. The van der Waals surface area contributed by atoms with E-state index in [1.165, 1.54) is 6.20 Å². The van der Waals surface area contributed by atoms with Gasteiger partial charge in [-0.3, -0.25) is 14.7 Å². The zero-order valence-electron chi connectivity index (χ0n) is 15.5. The Morgan fingerprint density at radius 2 is 2.04 bits per heavy atom. The van der Waals surface area contributed by atoms with Crippen LogP contribution < -0.4 is 0 Å². The first-order valence-corrected chi connectivity index (χ1v) is 9.68. The average molecular weight is 362 g/mol. The summed E-state index contributed by atoms with van der Waals surface area (Å²) in [6.45, 7) is 5.14. The minimum atomic E-state index is -0.429. The maximum atomic E-state index is 12.5. The fourth-order valence-corrected chi connectivity index (χ4v) is 4.48. The van der Waals surface area contributed by atoms with E-state index in [2.05, 4.69) is 21.8 Å². The monoisotopic (exact) mass is 362 g/mol. The molecule has 2 aliphatic heterocycles. The summed E-state index contributed by atoms with van der Waals surface area (Å²) in [5, 5.41) is 20.4. The number of rotatable bonds is 5. The third-order valence-electron chi connectivity index (χ3n) is 6.03. The van der Waals surface area contributed by atoms with E-state index in [0.717, 1.165) is 38.8 Å². The number of piperidine rings is 2. The van der Waals surface area contributed by atoms with E-state index in [-0.39, 0.29) is 12.5 Å². The lowest BCUT2D eigenvalue weighted by Crippen LogP contribution is -2.58. The Morgan fingerprint density at radius 1 is 1.27 bits per heavy atom. The molecule has 0 unspecified atom stereocenters. The van der Waals surface area contributed by atoms with Gasteiger partial charge in [0.25, 0.3) is 5.91 Å². The molecule has 3 heterocycles. The van der Waals surface area contributed by atoms with Crippen molar-refractivity contribution < 1.29 is 15.0 Å². The molecule has 1 amide bonds. The molecule has 7 nitrogen and oxygen atoms in total. The molecule has 1 aromatic rings. The van der Waals surface area contributed by atoms with E-state index in [4.69, 9.17) is 0 Å². The van der Waals surface area contributed by atoms with Gasteiger partial charge >= 0.3 is 0 Å². The van der Waals surface area contributed by atoms with Gasteiger partial charge in [-0.15, -0.1) is 0 Å². The molecule has 26 heavy (non-hydrogen) atoms. The SMILES string of the molecule is CCC[C@@]1(CO)CN(C2CCN(C(=O)c3cnccn3)CC2)CC[C@@H]1O. The number of nitrogens with zero attached hydrogens (tertiary/aromatic N) is 4. The summed E-state index contributed by atoms with van der Waals surface area (Å²) in [5.41, 5.74) is -0.00570. The molecule has 0 saturated carbocycles. The second-order valence-electron chi connectivity index (χ2n) is 7.66. The van der Waals surface area contributed by atoms with Crippen molar-refractivity contribution in [3.05, 3.63) is 24.3 Å². The van der Waals surface area contributed by atoms with Gasteiger partial charge in [0, 0.05) is 50.0 Å². The zero-order valence-corrected chi connectivity index (χ0v) is 15.5. The number of amides is 1. The highest BCUT2D eigenvalue weighted by Crippen LogP contribution is 2.36. The smallest absolute Gasteiger partial charge is 0.274 e. The van der Waals surface area contributed by atoms with Crippen molar-refractivity contribution in [2.24, 2.45) is 5.41 Å². The number of aliphatic hydroxyl groups is 2. The van der Waals surface area contributed by atoms with Gasteiger partial charge < -0.3 is 15.1 Å². The molecule has 3 rings (SSSR count). The number of hydrogen-bond acceptors (Lipinski definition) is 6. The molecule has 1 aromatic heterocycles. The summed E-state index contributed by atoms with van der Waals surface area (Å²) >= 11 is 0. The fourth-order valence-electron chi connectivity index (χ4n) is 4.48. The number of carbonyl (C=O) groups is 1. The lowest BCUT2D eigenvalue weighted by Gasteiger charge is -2.49. The van der Waals surface area contributed by atoms with Gasteiger partial charge in [0.2, 0.25) is 0 Å². The van der Waals surface area contributed by atoms with Crippen LogP contribution in [-0.4, -0.2) is 80.8 Å². The Hall–Kier alpha value is -1.57. The molecule has 7 heteroatoms. The number of likely N-dealkylation sites (tertiary alicyclic amines) is 2. The lowest BCUT2D eigenvalue weighted by molar-refractivity contribution is -0.0933. The van der Waals surface area contributed by atoms with Crippen molar-refractivity contribution in [3.8, 4) is 0 Å². The minimum absolute atomic E-state index is 0.0303. The van der Waals surface area contributed by atoms with Gasteiger partial charge in [0.05, 0.1) is 18.9 Å². The number of aliphatic hydroxyl groups excluding tert-OH is 2. The van der Waals surface area contributed by atoms with Crippen LogP contribution in [0.5, 0.6) is 0 Å². The zero-order chi connectivity index (χ0) is 18.6. The Balaban J connectivity index is 1.58. The molecular formula is C19H30N4O3. The molecular weight excluding hydrogens is 332 g/mol. The molecule has 0 bridgehead atoms. The van der Waals surface area contributed by atoms with Crippen LogP contribution in [0.1, 0.15) is 49.5 Å². The highest BCUT2D eigenvalue weighted by atomic mass is 16.3. The van der Waals surface area contributed by atoms with Gasteiger partial charge in [-0.2, -0.15) is 0 Å². The minimum Gasteiger partial charge on any atom is -0.396 e. The quantitative estimate of drug-likeness (QED) is 0.810. The molecule has 0 aliphatic carbocycles. The van der Waals surface area contributed by atoms with Crippen molar-refractivity contribution in [2.75, 3.05) is 32.8 Å². The maximum absolute atomic E-state index is 12.5. The van der Waals surface area contributed by atoms with Crippen molar-refractivity contribution in [1.82, 2.24) is 19.8 Å². The van der Waals surface area contributed by atoms with Crippen LogP contribution in [0.2, 0.25) is 0 Å². The third-order valence-corrected chi connectivity index (χ3v) is 6.03. The summed E-state index contributed by atoms with van der Waals surface area (Å²) in [7, 11) is 0. The normalized spacial score (nSPS) is 28.3. The summed E-state index contributed by atoms with van der Waals surface area (Å²) in [5.74, 6) is -0.0543. The van der Waals surface area contributed by atoms with Crippen LogP contribution in [0, 0.1) is 5.41 Å². The standard InChI is InChI=1S/C19H30N4O3/c1-2-6-19(14-24)13-23(11-5-17(19)25)15-3-9-22(10-4-15)18(26)16-12-20-7-8-21-16/h7-8,12,15,17,24-25H,2-6,9-11,13-14H2,1H3/t17-,19-/m0/s1. The van der Waals surface area contributed by atoms with Crippen LogP contribution >= 0.6 is 0 Å². The van der Waals surface area contributed by atoms with Gasteiger partial charge in [-0.05, 0) is 25.7 Å². The van der Waals surface area contributed by atoms with E-state index in [0.29, 0.717) is 31.2 Å². The molecule has 144 valence electrons. The summed E-state index contributed by atoms with van der Waals surface area (Å²) in [4.78, 5) is 24.9. The van der Waals surface area contributed by atoms with Crippen LogP contribution in [0.4, 0.5) is 0 Å². The van der Waals surface area contributed by atoms with Crippen molar-refractivity contribution in [1.29, 1.82) is 0 Å². The Labute approximate surface area is 155 Å². The van der Waals surface area contributed by atoms with Crippen LogP contribution in [0.15, 0.2) is 18.6 Å². The van der Waals surface area contributed by atoms with Gasteiger partial charge in [-0.1, -0.05) is 13.3 Å². The number of carbonyl (C=O) groups excluding carboxylic acids is 1. The first kappa shape index (κ1) is 19.2.